The van der Waals surface area contributed by atoms with E-state index in [2.05, 4.69) is 15.9 Å². The molecule has 0 saturated carbocycles. The molecule has 1 aliphatic heterocycles. The van der Waals surface area contributed by atoms with Crippen LogP contribution in [0.15, 0.2) is 27.3 Å². The number of halogens is 1. The highest BCUT2D eigenvalue weighted by atomic mass is 79.9. The van der Waals surface area contributed by atoms with Crippen LogP contribution in [0.1, 0.15) is 18.4 Å². The van der Waals surface area contributed by atoms with E-state index in [0.29, 0.717) is 12.4 Å². The van der Waals surface area contributed by atoms with E-state index in [4.69, 9.17) is 13.9 Å². The molecular weight excluding hydrogens is 312 g/mol. The standard InChI is InChI=1S/C14H15BrO4/c15-12-6-9(7-16)13(11-3-5-18-14(11)12)19-8-10-2-1-4-17-10/h3,5-6,10,16H,1-2,4,7-8H2. The molecule has 1 N–H and O–H groups in total. The number of benzene rings is 1. The molecule has 1 aromatic carbocycles. The van der Waals surface area contributed by atoms with Gasteiger partial charge in [0.15, 0.2) is 5.58 Å². The van der Waals surface area contributed by atoms with Crippen molar-refractivity contribution in [2.24, 2.45) is 0 Å². The summed E-state index contributed by atoms with van der Waals surface area (Å²) >= 11 is 3.43. The minimum absolute atomic E-state index is 0.0689. The molecule has 1 atom stereocenters. The van der Waals surface area contributed by atoms with Crippen molar-refractivity contribution in [1.29, 1.82) is 0 Å². The van der Waals surface area contributed by atoms with E-state index in [1.165, 1.54) is 0 Å². The van der Waals surface area contributed by atoms with Gasteiger partial charge in [-0.25, -0.2) is 0 Å². The predicted molar refractivity (Wildman–Crippen MR) is 74.3 cm³/mol. The van der Waals surface area contributed by atoms with Crippen molar-refractivity contribution in [3.05, 3.63) is 28.4 Å². The Kier molecular flexibility index (Phi) is 3.77. The van der Waals surface area contributed by atoms with Crippen LogP contribution in [0, 0.1) is 0 Å². The van der Waals surface area contributed by atoms with E-state index in [1.807, 2.05) is 12.1 Å². The van der Waals surface area contributed by atoms with Gasteiger partial charge in [0.2, 0.25) is 0 Å². The maximum absolute atomic E-state index is 9.47. The summed E-state index contributed by atoms with van der Waals surface area (Å²) in [6.07, 6.45) is 3.88. The number of aliphatic hydroxyl groups is 1. The van der Waals surface area contributed by atoms with E-state index in [-0.39, 0.29) is 12.7 Å². The Morgan fingerprint density at radius 2 is 2.37 bits per heavy atom. The quantitative estimate of drug-likeness (QED) is 0.937. The summed E-state index contributed by atoms with van der Waals surface area (Å²) in [6.45, 7) is 1.25. The minimum atomic E-state index is -0.0689. The van der Waals surface area contributed by atoms with Gasteiger partial charge in [0.25, 0.3) is 0 Å². The first kappa shape index (κ1) is 13.0. The molecule has 0 spiro atoms. The highest BCUT2D eigenvalue weighted by Gasteiger charge is 2.19. The van der Waals surface area contributed by atoms with Crippen LogP contribution >= 0.6 is 15.9 Å². The Bertz CT molecular complexity index is 572. The van der Waals surface area contributed by atoms with Crippen molar-refractivity contribution in [3.8, 4) is 5.75 Å². The third kappa shape index (κ3) is 2.50. The van der Waals surface area contributed by atoms with Gasteiger partial charge < -0.3 is 19.0 Å². The summed E-state index contributed by atoms with van der Waals surface area (Å²) in [6, 6.07) is 3.68. The lowest BCUT2D eigenvalue weighted by Gasteiger charge is -2.15. The van der Waals surface area contributed by atoms with E-state index < -0.39 is 0 Å². The fraction of sp³-hybridized carbons (Fsp3) is 0.429. The topological polar surface area (TPSA) is 51.8 Å². The number of hydrogen-bond acceptors (Lipinski definition) is 4. The molecule has 2 aromatic rings. The average Bonchev–Trinajstić information content (AvgIpc) is 3.08. The Morgan fingerprint density at radius 1 is 1.47 bits per heavy atom. The molecule has 102 valence electrons. The lowest BCUT2D eigenvalue weighted by atomic mass is 10.1. The van der Waals surface area contributed by atoms with Crippen molar-refractivity contribution < 1.29 is 19.0 Å². The lowest BCUT2D eigenvalue weighted by molar-refractivity contribution is 0.0676. The Hall–Kier alpha value is -1.04. The second kappa shape index (κ2) is 5.53. The molecule has 3 rings (SSSR count). The maximum atomic E-state index is 9.47. The number of hydrogen-bond donors (Lipinski definition) is 1. The average molecular weight is 327 g/mol. The number of ether oxygens (including phenoxy) is 2. The van der Waals surface area contributed by atoms with Crippen molar-refractivity contribution >= 4 is 26.9 Å². The first-order valence-electron chi connectivity index (χ1n) is 6.33. The predicted octanol–water partition coefficient (Wildman–Crippen LogP) is 3.25. The Balaban J connectivity index is 1.91. The molecule has 5 heteroatoms. The molecule has 1 unspecified atom stereocenters. The SMILES string of the molecule is OCc1cc(Br)c2occc2c1OCC1CCCO1. The van der Waals surface area contributed by atoms with Crippen LogP contribution in [0.2, 0.25) is 0 Å². The van der Waals surface area contributed by atoms with Gasteiger partial charge in [-0.1, -0.05) is 0 Å². The lowest BCUT2D eigenvalue weighted by Crippen LogP contribution is -2.17. The molecule has 1 fully saturated rings. The Labute approximate surface area is 119 Å². The molecule has 1 saturated heterocycles. The van der Waals surface area contributed by atoms with Crippen LogP contribution < -0.4 is 4.74 Å². The summed E-state index contributed by atoms with van der Waals surface area (Å²) in [4.78, 5) is 0. The number of fused-ring (bicyclic) bond motifs is 1. The van der Waals surface area contributed by atoms with Crippen LogP contribution in [0.3, 0.4) is 0 Å². The zero-order chi connectivity index (χ0) is 13.2. The van der Waals surface area contributed by atoms with Crippen molar-refractivity contribution in [1.82, 2.24) is 0 Å². The minimum Gasteiger partial charge on any atom is -0.490 e. The maximum Gasteiger partial charge on any atom is 0.151 e. The van der Waals surface area contributed by atoms with E-state index >= 15 is 0 Å². The highest BCUT2D eigenvalue weighted by molar-refractivity contribution is 9.10. The highest BCUT2D eigenvalue weighted by Crippen LogP contribution is 2.36. The Morgan fingerprint density at radius 3 is 3.11 bits per heavy atom. The molecule has 1 aliphatic rings. The van der Waals surface area contributed by atoms with Gasteiger partial charge in [-0.2, -0.15) is 0 Å². The van der Waals surface area contributed by atoms with E-state index in [0.717, 1.165) is 40.5 Å². The molecule has 1 aromatic heterocycles. The summed E-state index contributed by atoms with van der Waals surface area (Å²) in [5, 5.41) is 10.3. The smallest absolute Gasteiger partial charge is 0.151 e. The number of rotatable bonds is 4. The summed E-state index contributed by atoms with van der Waals surface area (Å²) < 4.78 is 17.7. The fourth-order valence-corrected chi connectivity index (χ4v) is 2.95. The molecule has 0 bridgehead atoms. The molecule has 0 amide bonds. The second-order valence-corrected chi connectivity index (χ2v) is 5.47. The molecule has 0 radical (unpaired) electrons. The van der Waals surface area contributed by atoms with Crippen molar-refractivity contribution in [3.63, 3.8) is 0 Å². The zero-order valence-corrected chi connectivity index (χ0v) is 12.0. The molecule has 4 nitrogen and oxygen atoms in total. The molecule has 19 heavy (non-hydrogen) atoms. The summed E-state index contributed by atoms with van der Waals surface area (Å²) in [7, 11) is 0. The molecule has 0 aliphatic carbocycles. The van der Waals surface area contributed by atoms with Crippen LogP contribution in [0.5, 0.6) is 5.75 Å². The van der Waals surface area contributed by atoms with Crippen molar-refractivity contribution in [2.45, 2.75) is 25.6 Å². The van der Waals surface area contributed by atoms with Crippen LogP contribution in [-0.4, -0.2) is 24.4 Å². The molecular formula is C14H15BrO4. The first-order valence-corrected chi connectivity index (χ1v) is 7.12. The third-order valence-electron chi connectivity index (χ3n) is 3.33. The number of aliphatic hydroxyl groups excluding tert-OH is 1. The van der Waals surface area contributed by atoms with E-state index in [9.17, 15) is 5.11 Å². The monoisotopic (exact) mass is 326 g/mol. The normalized spacial score (nSPS) is 19.2. The summed E-state index contributed by atoms with van der Waals surface area (Å²) in [5.74, 6) is 0.685. The van der Waals surface area contributed by atoms with Gasteiger partial charge in [-0.05, 0) is 40.9 Å². The van der Waals surface area contributed by atoms with Crippen LogP contribution in [-0.2, 0) is 11.3 Å². The van der Waals surface area contributed by atoms with Gasteiger partial charge in [-0.3, -0.25) is 0 Å². The van der Waals surface area contributed by atoms with Crippen molar-refractivity contribution in [2.75, 3.05) is 13.2 Å². The van der Waals surface area contributed by atoms with Crippen LogP contribution in [0.4, 0.5) is 0 Å². The van der Waals surface area contributed by atoms with Gasteiger partial charge in [0, 0.05) is 12.2 Å². The zero-order valence-electron chi connectivity index (χ0n) is 10.4. The third-order valence-corrected chi connectivity index (χ3v) is 3.92. The largest absolute Gasteiger partial charge is 0.490 e. The van der Waals surface area contributed by atoms with Gasteiger partial charge in [0.1, 0.15) is 12.4 Å². The fourth-order valence-electron chi connectivity index (χ4n) is 2.37. The number of furan rings is 1. The van der Waals surface area contributed by atoms with Crippen LogP contribution in [0.25, 0.3) is 11.0 Å². The van der Waals surface area contributed by atoms with Gasteiger partial charge >= 0.3 is 0 Å². The second-order valence-electron chi connectivity index (χ2n) is 4.61. The van der Waals surface area contributed by atoms with Gasteiger partial charge in [-0.15, -0.1) is 0 Å². The van der Waals surface area contributed by atoms with Gasteiger partial charge in [0.05, 0.1) is 28.8 Å². The summed E-state index contributed by atoms with van der Waals surface area (Å²) in [5.41, 5.74) is 1.48. The molecule has 2 heterocycles. The van der Waals surface area contributed by atoms with E-state index in [1.54, 1.807) is 6.26 Å². The first-order chi connectivity index (χ1) is 9.29.